The lowest BCUT2D eigenvalue weighted by atomic mass is 10.3. The van der Waals surface area contributed by atoms with Crippen LogP contribution >= 0.6 is 11.3 Å². The highest BCUT2D eigenvalue weighted by molar-refractivity contribution is 7.92. The lowest BCUT2D eigenvalue weighted by molar-refractivity contribution is -0.115. The van der Waals surface area contributed by atoms with E-state index in [0.29, 0.717) is 16.4 Å². The molecule has 2 aromatic carbocycles. The van der Waals surface area contributed by atoms with Gasteiger partial charge < -0.3 is 10.1 Å². The van der Waals surface area contributed by atoms with Gasteiger partial charge in [0.2, 0.25) is 5.91 Å². The zero-order valence-electron chi connectivity index (χ0n) is 13.6. The van der Waals surface area contributed by atoms with Gasteiger partial charge in [0.05, 0.1) is 10.2 Å². The molecule has 1 N–H and O–H groups in total. The average molecular weight is 376 g/mol. The molecule has 130 valence electrons. The highest BCUT2D eigenvalue weighted by Gasteiger charge is 2.24. The zero-order chi connectivity index (χ0) is 18.0. The first-order chi connectivity index (χ1) is 11.8. The van der Waals surface area contributed by atoms with Crippen molar-refractivity contribution in [2.45, 2.75) is 12.2 Å². The normalized spacial score (nSPS) is 12.7. The second-order valence-corrected chi connectivity index (χ2v) is 8.92. The molecule has 25 heavy (non-hydrogen) atoms. The fraction of sp³-hybridized carbons (Fsp3) is 0.176. The Bertz CT molecular complexity index is 1010. The molecule has 0 unspecified atom stereocenters. The Morgan fingerprint density at radius 3 is 2.56 bits per heavy atom. The third-order valence-electron chi connectivity index (χ3n) is 3.58. The number of hydrogen-bond acceptors (Lipinski definition) is 6. The van der Waals surface area contributed by atoms with Gasteiger partial charge in [0, 0.05) is 12.3 Å². The molecule has 0 saturated carbocycles. The standard InChI is InChI=1S/C17H16N2O4S2/c1-11(25(2,21)22)16(20)19-17-18-14-9-8-13(10-15(14)24-17)23-12-6-4-3-5-7-12/h3-11H,1-2H3,(H,18,19,20)/t11-/m1/s1. The lowest BCUT2D eigenvalue weighted by Crippen LogP contribution is -2.31. The molecule has 1 aromatic heterocycles. The smallest absolute Gasteiger partial charge is 0.244 e. The van der Waals surface area contributed by atoms with Gasteiger partial charge in [-0.1, -0.05) is 29.5 Å². The van der Waals surface area contributed by atoms with Gasteiger partial charge in [-0.2, -0.15) is 0 Å². The summed E-state index contributed by atoms with van der Waals surface area (Å²) in [5, 5.41) is 1.78. The molecule has 0 saturated heterocycles. The highest BCUT2D eigenvalue weighted by atomic mass is 32.2. The van der Waals surface area contributed by atoms with E-state index in [9.17, 15) is 13.2 Å². The van der Waals surface area contributed by atoms with Crippen LogP contribution in [0.5, 0.6) is 11.5 Å². The van der Waals surface area contributed by atoms with Crippen LogP contribution in [0.3, 0.4) is 0 Å². The molecular formula is C17H16N2O4S2. The molecule has 0 aliphatic rings. The number of thiazole rings is 1. The summed E-state index contributed by atoms with van der Waals surface area (Å²) in [7, 11) is -3.45. The molecule has 3 rings (SSSR count). The van der Waals surface area contributed by atoms with Crippen LogP contribution in [0.15, 0.2) is 48.5 Å². The first-order valence-electron chi connectivity index (χ1n) is 7.46. The number of aromatic nitrogens is 1. The molecular weight excluding hydrogens is 360 g/mol. The monoisotopic (exact) mass is 376 g/mol. The highest BCUT2D eigenvalue weighted by Crippen LogP contribution is 2.31. The topological polar surface area (TPSA) is 85.4 Å². The predicted molar refractivity (Wildman–Crippen MR) is 99.1 cm³/mol. The minimum Gasteiger partial charge on any atom is -0.457 e. The van der Waals surface area contributed by atoms with E-state index in [2.05, 4.69) is 10.3 Å². The number of rotatable bonds is 5. The van der Waals surface area contributed by atoms with E-state index >= 15 is 0 Å². The van der Waals surface area contributed by atoms with Gasteiger partial charge >= 0.3 is 0 Å². The molecule has 3 aromatic rings. The van der Waals surface area contributed by atoms with E-state index in [4.69, 9.17) is 4.74 Å². The number of fused-ring (bicyclic) bond motifs is 1. The van der Waals surface area contributed by atoms with E-state index < -0.39 is 21.0 Å². The van der Waals surface area contributed by atoms with E-state index in [-0.39, 0.29) is 0 Å². The number of hydrogen-bond donors (Lipinski definition) is 1. The SMILES string of the molecule is C[C@H](C(=O)Nc1nc2ccc(Oc3ccccc3)cc2s1)S(C)(=O)=O. The van der Waals surface area contributed by atoms with Crippen molar-refractivity contribution in [3.8, 4) is 11.5 Å². The van der Waals surface area contributed by atoms with Gasteiger partial charge in [0.1, 0.15) is 16.7 Å². The maximum atomic E-state index is 12.0. The minimum atomic E-state index is -3.45. The lowest BCUT2D eigenvalue weighted by Gasteiger charge is -2.07. The number of carbonyl (C=O) groups is 1. The molecule has 0 fully saturated rings. The summed E-state index contributed by atoms with van der Waals surface area (Å²) in [4.78, 5) is 16.3. The van der Waals surface area contributed by atoms with Gasteiger partial charge in [-0.25, -0.2) is 13.4 Å². The third kappa shape index (κ3) is 4.15. The number of amides is 1. The molecule has 0 radical (unpaired) electrons. The summed E-state index contributed by atoms with van der Waals surface area (Å²) >= 11 is 1.26. The number of carbonyl (C=O) groups excluding carboxylic acids is 1. The van der Waals surface area contributed by atoms with Crippen LogP contribution < -0.4 is 10.1 Å². The Labute approximate surface area is 149 Å². The summed E-state index contributed by atoms with van der Waals surface area (Å²) in [6.45, 7) is 1.35. The van der Waals surface area contributed by atoms with Crippen molar-refractivity contribution in [2.24, 2.45) is 0 Å². The molecule has 0 bridgehead atoms. The molecule has 1 heterocycles. The number of nitrogens with zero attached hydrogens (tertiary/aromatic N) is 1. The number of anilines is 1. The van der Waals surface area contributed by atoms with Gasteiger partial charge in [-0.15, -0.1) is 0 Å². The van der Waals surface area contributed by atoms with E-state index in [0.717, 1.165) is 16.7 Å². The first-order valence-corrected chi connectivity index (χ1v) is 10.2. The van der Waals surface area contributed by atoms with Gasteiger partial charge in [0.25, 0.3) is 0 Å². The van der Waals surface area contributed by atoms with Crippen LogP contribution in [0.1, 0.15) is 6.92 Å². The Morgan fingerprint density at radius 1 is 1.16 bits per heavy atom. The quantitative estimate of drug-likeness (QED) is 0.737. The van der Waals surface area contributed by atoms with Gasteiger partial charge in [-0.05, 0) is 31.2 Å². The van der Waals surface area contributed by atoms with E-state index in [1.165, 1.54) is 18.3 Å². The van der Waals surface area contributed by atoms with Crippen molar-refractivity contribution in [3.63, 3.8) is 0 Å². The average Bonchev–Trinajstić information content (AvgIpc) is 2.95. The van der Waals surface area contributed by atoms with Crippen molar-refractivity contribution in [3.05, 3.63) is 48.5 Å². The Kier molecular flexibility index (Phi) is 4.73. The molecule has 0 spiro atoms. The maximum Gasteiger partial charge on any atom is 0.244 e. The maximum absolute atomic E-state index is 12.0. The molecule has 0 aliphatic carbocycles. The van der Waals surface area contributed by atoms with Crippen LogP contribution in [-0.2, 0) is 14.6 Å². The molecule has 8 heteroatoms. The van der Waals surface area contributed by atoms with Crippen LogP contribution in [0.4, 0.5) is 5.13 Å². The fourth-order valence-electron chi connectivity index (χ4n) is 2.05. The van der Waals surface area contributed by atoms with E-state index in [1.54, 1.807) is 12.1 Å². The number of ether oxygens (including phenoxy) is 1. The van der Waals surface area contributed by atoms with Crippen molar-refractivity contribution in [1.82, 2.24) is 4.98 Å². The van der Waals surface area contributed by atoms with Crippen molar-refractivity contribution >= 4 is 42.4 Å². The second-order valence-electron chi connectivity index (χ2n) is 5.52. The predicted octanol–water partition coefficient (Wildman–Crippen LogP) is 3.46. The summed E-state index contributed by atoms with van der Waals surface area (Å²) in [5.74, 6) is 0.786. The van der Waals surface area contributed by atoms with Gasteiger partial charge in [-0.3, -0.25) is 4.79 Å². The van der Waals surface area contributed by atoms with E-state index in [1.807, 2.05) is 36.4 Å². The second kappa shape index (κ2) is 6.81. The van der Waals surface area contributed by atoms with Gasteiger partial charge in [0.15, 0.2) is 15.0 Å². The number of benzene rings is 2. The van der Waals surface area contributed by atoms with Crippen molar-refractivity contribution in [2.75, 3.05) is 11.6 Å². The van der Waals surface area contributed by atoms with Crippen LogP contribution in [0.2, 0.25) is 0 Å². The number of para-hydroxylation sites is 1. The number of sulfone groups is 1. The Balaban J connectivity index is 1.80. The Morgan fingerprint density at radius 2 is 1.88 bits per heavy atom. The van der Waals surface area contributed by atoms with Crippen LogP contribution in [0, 0.1) is 0 Å². The summed E-state index contributed by atoms with van der Waals surface area (Å²) in [6.07, 6.45) is 1.03. The minimum absolute atomic E-state index is 0.354. The third-order valence-corrected chi connectivity index (χ3v) is 6.01. The number of nitrogens with one attached hydrogen (secondary N) is 1. The first kappa shape index (κ1) is 17.4. The fourth-order valence-corrected chi connectivity index (χ4v) is 3.39. The van der Waals surface area contributed by atoms with Crippen molar-refractivity contribution in [1.29, 1.82) is 0 Å². The largest absolute Gasteiger partial charge is 0.457 e. The molecule has 6 nitrogen and oxygen atoms in total. The molecule has 0 aliphatic heterocycles. The van der Waals surface area contributed by atoms with Crippen molar-refractivity contribution < 1.29 is 17.9 Å². The van der Waals surface area contributed by atoms with Crippen LogP contribution in [0.25, 0.3) is 10.2 Å². The molecule has 1 amide bonds. The van der Waals surface area contributed by atoms with Crippen LogP contribution in [-0.4, -0.2) is 30.8 Å². The molecule has 1 atom stereocenters. The zero-order valence-corrected chi connectivity index (χ0v) is 15.2. The Hall–Kier alpha value is -2.45. The summed E-state index contributed by atoms with van der Waals surface area (Å²) < 4.78 is 29.5. The summed E-state index contributed by atoms with van der Waals surface area (Å²) in [5.41, 5.74) is 0.702. The summed E-state index contributed by atoms with van der Waals surface area (Å²) in [6, 6.07) is 14.8.